The van der Waals surface area contributed by atoms with Crippen molar-refractivity contribution in [3.63, 3.8) is 0 Å². The molecule has 3 rings (SSSR count). The van der Waals surface area contributed by atoms with Crippen LogP contribution in [0.5, 0.6) is 0 Å². The SMILES string of the molecule is O=C(Cc1c[nH]c2ccccc12)N1CCCOCC1. The Bertz CT molecular complexity index is 568. The predicted octanol–water partition coefficient (Wildman–Crippen LogP) is 1.96. The van der Waals surface area contributed by atoms with Gasteiger partial charge in [-0.2, -0.15) is 0 Å². The molecule has 0 radical (unpaired) electrons. The molecule has 0 aliphatic carbocycles. The first-order valence-corrected chi connectivity index (χ1v) is 6.75. The lowest BCUT2D eigenvalue weighted by molar-refractivity contribution is -0.130. The summed E-state index contributed by atoms with van der Waals surface area (Å²) in [6.45, 7) is 2.93. The Hall–Kier alpha value is -1.81. The van der Waals surface area contributed by atoms with E-state index in [1.54, 1.807) is 0 Å². The average Bonchev–Trinajstić information content (AvgIpc) is 2.66. The van der Waals surface area contributed by atoms with E-state index in [2.05, 4.69) is 11.1 Å². The van der Waals surface area contributed by atoms with Crippen molar-refractivity contribution in [1.82, 2.24) is 9.88 Å². The minimum Gasteiger partial charge on any atom is -0.380 e. The standard InChI is InChI=1S/C15H18N2O2/c18-15(17-6-3-8-19-9-7-17)10-12-11-16-14-5-2-1-4-13(12)14/h1-2,4-5,11,16H,3,6-10H2. The van der Waals surface area contributed by atoms with Crippen molar-refractivity contribution >= 4 is 16.8 Å². The van der Waals surface area contributed by atoms with Gasteiger partial charge in [-0.05, 0) is 18.1 Å². The number of nitrogens with one attached hydrogen (secondary N) is 1. The van der Waals surface area contributed by atoms with Crippen LogP contribution >= 0.6 is 0 Å². The van der Waals surface area contributed by atoms with E-state index in [-0.39, 0.29) is 5.91 Å². The largest absolute Gasteiger partial charge is 0.380 e. The van der Waals surface area contributed by atoms with Gasteiger partial charge in [-0.25, -0.2) is 0 Å². The highest BCUT2D eigenvalue weighted by molar-refractivity contribution is 5.88. The Kier molecular flexibility index (Phi) is 3.51. The zero-order valence-corrected chi connectivity index (χ0v) is 10.9. The molecule has 1 amide bonds. The number of amides is 1. The minimum absolute atomic E-state index is 0.190. The molecule has 0 unspecified atom stereocenters. The summed E-state index contributed by atoms with van der Waals surface area (Å²) in [6.07, 6.45) is 3.33. The number of ether oxygens (including phenoxy) is 1. The van der Waals surface area contributed by atoms with Crippen LogP contribution in [0.15, 0.2) is 30.5 Å². The number of para-hydroxylation sites is 1. The Morgan fingerprint density at radius 2 is 2.16 bits per heavy atom. The zero-order chi connectivity index (χ0) is 13.1. The second kappa shape index (κ2) is 5.45. The predicted molar refractivity (Wildman–Crippen MR) is 74.0 cm³/mol. The second-order valence-corrected chi connectivity index (χ2v) is 4.88. The number of hydrogen-bond donors (Lipinski definition) is 1. The number of aromatic amines is 1. The fourth-order valence-corrected chi connectivity index (χ4v) is 2.55. The molecular formula is C15H18N2O2. The van der Waals surface area contributed by atoms with E-state index in [4.69, 9.17) is 4.74 Å². The number of aromatic nitrogens is 1. The molecule has 4 heteroatoms. The van der Waals surface area contributed by atoms with Crippen molar-refractivity contribution in [2.75, 3.05) is 26.3 Å². The molecule has 1 fully saturated rings. The fraction of sp³-hybridized carbons (Fsp3) is 0.400. The molecule has 1 aromatic heterocycles. The van der Waals surface area contributed by atoms with Crippen molar-refractivity contribution in [2.45, 2.75) is 12.8 Å². The van der Waals surface area contributed by atoms with Crippen molar-refractivity contribution in [3.8, 4) is 0 Å². The molecule has 1 aromatic carbocycles. The molecule has 0 spiro atoms. The van der Waals surface area contributed by atoms with Gasteiger partial charge in [0.25, 0.3) is 0 Å². The van der Waals surface area contributed by atoms with Gasteiger partial charge in [0, 0.05) is 36.8 Å². The summed E-state index contributed by atoms with van der Waals surface area (Å²) < 4.78 is 5.38. The molecule has 2 aromatic rings. The zero-order valence-electron chi connectivity index (χ0n) is 10.9. The third kappa shape index (κ3) is 2.63. The van der Waals surface area contributed by atoms with Gasteiger partial charge in [-0.1, -0.05) is 18.2 Å². The van der Waals surface area contributed by atoms with Crippen molar-refractivity contribution in [3.05, 3.63) is 36.0 Å². The Morgan fingerprint density at radius 3 is 3.11 bits per heavy atom. The molecule has 1 saturated heterocycles. The maximum Gasteiger partial charge on any atom is 0.227 e. The third-order valence-electron chi connectivity index (χ3n) is 3.59. The average molecular weight is 258 g/mol. The Balaban J connectivity index is 1.75. The van der Waals surface area contributed by atoms with E-state index < -0.39 is 0 Å². The number of nitrogens with zero attached hydrogens (tertiary/aromatic N) is 1. The number of H-pyrrole nitrogens is 1. The lowest BCUT2D eigenvalue weighted by Gasteiger charge is -2.19. The van der Waals surface area contributed by atoms with E-state index in [1.165, 1.54) is 0 Å². The highest BCUT2D eigenvalue weighted by Crippen LogP contribution is 2.18. The smallest absolute Gasteiger partial charge is 0.227 e. The molecule has 0 atom stereocenters. The Labute approximate surface area is 112 Å². The molecule has 4 nitrogen and oxygen atoms in total. The van der Waals surface area contributed by atoms with Gasteiger partial charge < -0.3 is 14.6 Å². The maximum atomic E-state index is 12.3. The van der Waals surface area contributed by atoms with Crippen LogP contribution in [-0.4, -0.2) is 42.1 Å². The van der Waals surface area contributed by atoms with Crippen LogP contribution in [0.1, 0.15) is 12.0 Å². The molecule has 1 aliphatic heterocycles. The number of benzene rings is 1. The summed E-state index contributed by atoms with van der Waals surface area (Å²) in [7, 11) is 0. The molecule has 100 valence electrons. The summed E-state index contributed by atoms with van der Waals surface area (Å²) in [5.41, 5.74) is 2.16. The van der Waals surface area contributed by atoms with Gasteiger partial charge in [0.15, 0.2) is 0 Å². The van der Waals surface area contributed by atoms with Crippen LogP contribution < -0.4 is 0 Å². The van der Waals surface area contributed by atoms with Crippen LogP contribution in [0.2, 0.25) is 0 Å². The van der Waals surface area contributed by atoms with Gasteiger partial charge in [0.05, 0.1) is 13.0 Å². The normalized spacial score (nSPS) is 16.5. The van der Waals surface area contributed by atoms with E-state index in [9.17, 15) is 4.79 Å². The van der Waals surface area contributed by atoms with Crippen molar-refractivity contribution < 1.29 is 9.53 Å². The number of hydrogen-bond acceptors (Lipinski definition) is 2. The number of fused-ring (bicyclic) bond motifs is 1. The van der Waals surface area contributed by atoms with Crippen molar-refractivity contribution in [2.24, 2.45) is 0 Å². The summed E-state index contributed by atoms with van der Waals surface area (Å²) in [4.78, 5) is 17.4. The lowest BCUT2D eigenvalue weighted by Crippen LogP contribution is -2.34. The molecule has 19 heavy (non-hydrogen) atoms. The first-order valence-electron chi connectivity index (χ1n) is 6.75. The van der Waals surface area contributed by atoms with Crippen LogP contribution in [-0.2, 0) is 16.0 Å². The molecule has 1 N–H and O–H groups in total. The quantitative estimate of drug-likeness (QED) is 0.895. The van der Waals surface area contributed by atoms with Crippen LogP contribution in [0.3, 0.4) is 0 Å². The fourth-order valence-electron chi connectivity index (χ4n) is 2.55. The van der Waals surface area contributed by atoms with Crippen molar-refractivity contribution in [1.29, 1.82) is 0 Å². The first kappa shape index (κ1) is 12.2. The van der Waals surface area contributed by atoms with E-state index >= 15 is 0 Å². The molecule has 0 bridgehead atoms. The minimum atomic E-state index is 0.190. The van der Waals surface area contributed by atoms with Crippen LogP contribution in [0.25, 0.3) is 10.9 Å². The first-order chi connectivity index (χ1) is 9.34. The van der Waals surface area contributed by atoms with Crippen LogP contribution in [0, 0.1) is 0 Å². The second-order valence-electron chi connectivity index (χ2n) is 4.88. The number of rotatable bonds is 2. The molecule has 0 saturated carbocycles. The summed E-state index contributed by atoms with van der Waals surface area (Å²) in [6, 6.07) is 8.09. The number of carbonyl (C=O) groups is 1. The molecule has 2 heterocycles. The Morgan fingerprint density at radius 1 is 1.26 bits per heavy atom. The third-order valence-corrected chi connectivity index (χ3v) is 3.59. The van der Waals surface area contributed by atoms with E-state index in [0.29, 0.717) is 19.6 Å². The summed E-state index contributed by atoms with van der Waals surface area (Å²) in [5.74, 6) is 0.190. The van der Waals surface area contributed by atoms with E-state index in [0.717, 1.165) is 36.0 Å². The number of carbonyl (C=O) groups excluding carboxylic acids is 1. The molecule has 1 aliphatic rings. The topological polar surface area (TPSA) is 45.3 Å². The van der Waals surface area contributed by atoms with E-state index in [1.807, 2.05) is 29.3 Å². The van der Waals surface area contributed by atoms with Gasteiger partial charge in [0.1, 0.15) is 0 Å². The maximum absolute atomic E-state index is 12.3. The monoisotopic (exact) mass is 258 g/mol. The molecular weight excluding hydrogens is 240 g/mol. The highest BCUT2D eigenvalue weighted by Gasteiger charge is 2.17. The highest BCUT2D eigenvalue weighted by atomic mass is 16.5. The summed E-state index contributed by atoms with van der Waals surface area (Å²) in [5, 5.41) is 1.14. The van der Waals surface area contributed by atoms with Gasteiger partial charge in [-0.15, -0.1) is 0 Å². The van der Waals surface area contributed by atoms with Crippen LogP contribution in [0.4, 0.5) is 0 Å². The van der Waals surface area contributed by atoms with Gasteiger partial charge in [0.2, 0.25) is 5.91 Å². The lowest BCUT2D eigenvalue weighted by atomic mass is 10.1. The van der Waals surface area contributed by atoms with Gasteiger partial charge >= 0.3 is 0 Å². The van der Waals surface area contributed by atoms with Gasteiger partial charge in [-0.3, -0.25) is 4.79 Å². The summed E-state index contributed by atoms with van der Waals surface area (Å²) >= 11 is 0.